The van der Waals surface area contributed by atoms with Gasteiger partial charge in [0.05, 0.1) is 12.8 Å². The normalized spacial score (nSPS) is 11.6. The number of methoxy groups -OCH3 is 1. The molecule has 0 fully saturated rings. The lowest BCUT2D eigenvalue weighted by atomic mass is 10.2. The fourth-order valence-electron chi connectivity index (χ4n) is 1.84. The van der Waals surface area contributed by atoms with E-state index >= 15 is 0 Å². The molecule has 5 nitrogen and oxygen atoms in total. The molecular formula is C16H17NO4S. The number of rotatable bonds is 5. The Kier molecular flexibility index (Phi) is 5.16. The quantitative estimate of drug-likeness (QED) is 0.859. The molecule has 0 aliphatic rings. The summed E-state index contributed by atoms with van der Waals surface area (Å²) in [6.45, 7) is 3.60. The monoisotopic (exact) mass is 319 g/mol. The van der Waals surface area contributed by atoms with Crippen LogP contribution in [0.15, 0.2) is 35.7 Å². The molecule has 1 amide bonds. The van der Waals surface area contributed by atoms with Crippen LogP contribution in [0, 0.1) is 6.92 Å². The van der Waals surface area contributed by atoms with Gasteiger partial charge in [0, 0.05) is 0 Å². The molecule has 1 heterocycles. The fourth-order valence-corrected chi connectivity index (χ4v) is 2.60. The van der Waals surface area contributed by atoms with E-state index in [0.717, 1.165) is 5.56 Å². The maximum absolute atomic E-state index is 12.2. The molecule has 116 valence electrons. The third-order valence-electron chi connectivity index (χ3n) is 2.97. The Morgan fingerprint density at radius 3 is 2.73 bits per heavy atom. The first-order valence-electron chi connectivity index (χ1n) is 6.71. The minimum absolute atomic E-state index is 0.329. The topological polar surface area (TPSA) is 64.6 Å². The van der Waals surface area contributed by atoms with Gasteiger partial charge in [0.1, 0.15) is 10.6 Å². The number of carbonyl (C=O) groups excluding carboxylic acids is 2. The molecule has 1 N–H and O–H groups in total. The zero-order valence-corrected chi connectivity index (χ0v) is 13.4. The first kappa shape index (κ1) is 16.0. The van der Waals surface area contributed by atoms with Gasteiger partial charge in [-0.05, 0) is 43.0 Å². The molecule has 2 rings (SSSR count). The number of benzene rings is 1. The number of amides is 1. The van der Waals surface area contributed by atoms with E-state index in [9.17, 15) is 9.59 Å². The summed E-state index contributed by atoms with van der Waals surface area (Å²) >= 11 is 1.21. The number of esters is 1. The highest BCUT2D eigenvalue weighted by Crippen LogP contribution is 2.23. The summed E-state index contributed by atoms with van der Waals surface area (Å²) < 4.78 is 10.3. The van der Waals surface area contributed by atoms with E-state index in [1.165, 1.54) is 18.4 Å². The Balaban J connectivity index is 2.03. The van der Waals surface area contributed by atoms with Crippen LogP contribution in [0.1, 0.15) is 22.2 Å². The molecular weight excluding hydrogens is 302 g/mol. The second kappa shape index (κ2) is 7.09. The third-order valence-corrected chi connectivity index (χ3v) is 3.86. The van der Waals surface area contributed by atoms with Gasteiger partial charge >= 0.3 is 5.97 Å². The van der Waals surface area contributed by atoms with Gasteiger partial charge < -0.3 is 14.8 Å². The molecule has 0 aliphatic carbocycles. The lowest BCUT2D eigenvalue weighted by Crippen LogP contribution is -2.30. The van der Waals surface area contributed by atoms with Crippen molar-refractivity contribution in [3.8, 4) is 5.75 Å². The minimum Gasteiger partial charge on any atom is -0.481 e. The molecule has 0 unspecified atom stereocenters. The summed E-state index contributed by atoms with van der Waals surface area (Å²) in [7, 11) is 1.30. The van der Waals surface area contributed by atoms with Crippen molar-refractivity contribution < 1.29 is 19.1 Å². The van der Waals surface area contributed by atoms with Crippen LogP contribution < -0.4 is 10.1 Å². The number of hydrogen-bond donors (Lipinski definition) is 1. The van der Waals surface area contributed by atoms with E-state index in [1.54, 1.807) is 24.4 Å². The number of anilines is 1. The molecule has 0 aliphatic heterocycles. The minimum atomic E-state index is -0.688. The molecule has 6 heteroatoms. The van der Waals surface area contributed by atoms with Crippen LogP contribution in [-0.2, 0) is 9.53 Å². The molecule has 22 heavy (non-hydrogen) atoms. The third kappa shape index (κ3) is 3.85. The van der Waals surface area contributed by atoms with E-state index in [4.69, 9.17) is 4.74 Å². The first-order valence-corrected chi connectivity index (χ1v) is 7.59. The smallest absolute Gasteiger partial charge is 0.350 e. The first-order chi connectivity index (χ1) is 10.5. The average Bonchev–Trinajstić information content (AvgIpc) is 2.94. The Morgan fingerprint density at radius 2 is 2.05 bits per heavy atom. The van der Waals surface area contributed by atoms with Gasteiger partial charge in [-0.1, -0.05) is 12.1 Å². The van der Waals surface area contributed by atoms with E-state index in [2.05, 4.69) is 10.1 Å². The van der Waals surface area contributed by atoms with E-state index < -0.39 is 12.1 Å². The van der Waals surface area contributed by atoms with Crippen LogP contribution >= 0.6 is 11.3 Å². The number of thiophene rings is 1. The molecule has 0 radical (unpaired) electrons. The maximum Gasteiger partial charge on any atom is 0.350 e. The maximum atomic E-state index is 12.2. The SMILES string of the molecule is COC(=O)c1sccc1NC(=O)[C@@H](C)Oc1cccc(C)c1. The number of hydrogen-bond acceptors (Lipinski definition) is 5. The molecule has 0 bridgehead atoms. The van der Waals surface area contributed by atoms with Crippen molar-refractivity contribution in [3.63, 3.8) is 0 Å². The van der Waals surface area contributed by atoms with Crippen molar-refractivity contribution in [2.45, 2.75) is 20.0 Å². The van der Waals surface area contributed by atoms with Crippen LogP contribution in [0.2, 0.25) is 0 Å². The summed E-state index contributed by atoms with van der Waals surface area (Å²) in [5, 5.41) is 4.40. The van der Waals surface area contributed by atoms with Gasteiger partial charge in [-0.25, -0.2) is 4.79 Å². The summed E-state index contributed by atoms with van der Waals surface area (Å²) in [5.41, 5.74) is 1.48. The summed E-state index contributed by atoms with van der Waals surface area (Å²) in [6.07, 6.45) is -0.688. The number of ether oxygens (including phenoxy) is 2. The van der Waals surface area contributed by atoms with Crippen molar-refractivity contribution in [2.24, 2.45) is 0 Å². The second-order valence-corrected chi connectivity index (χ2v) is 5.64. The average molecular weight is 319 g/mol. The van der Waals surface area contributed by atoms with Crippen LogP contribution in [0.4, 0.5) is 5.69 Å². The predicted molar refractivity (Wildman–Crippen MR) is 85.6 cm³/mol. The van der Waals surface area contributed by atoms with Gasteiger partial charge in [-0.15, -0.1) is 11.3 Å². The van der Waals surface area contributed by atoms with Gasteiger partial charge in [0.25, 0.3) is 5.91 Å². The van der Waals surface area contributed by atoms with Crippen LogP contribution in [0.3, 0.4) is 0 Å². The number of carbonyl (C=O) groups is 2. The lowest BCUT2D eigenvalue weighted by molar-refractivity contribution is -0.122. The van der Waals surface area contributed by atoms with Gasteiger partial charge in [-0.2, -0.15) is 0 Å². The standard InChI is InChI=1S/C16H17NO4S/c1-10-5-4-6-12(9-10)21-11(2)15(18)17-13-7-8-22-14(13)16(19)20-3/h4-9,11H,1-3H3,(H,17,18)/t11-/m1/s1. The summed E-state index contributed by atoms with van der Waals surface area (Å²) in [6, 6.07) is 9.12. The Labute approximate surface area is 132 Å². The van der Waals surface area contributed by atoms with Crippen LogP contribution in [0.25, 0.3) is 0 Å². The molecule has 1 aromatic heterocycles. The van der Waals surface area contributed by atoms with Gasteiger partial charge in [0.2, 0.25) is 0 Å². The van der Waals surface area contributed by atoms with Crippen LogP contribution in [0.5, 0.6) is 5.75 Å². The Bertz CT molecular complexity index is 680. The molecule has 0 spiro atoms. The van der Waals surface area contributed by atoms with E-state index in [0.29, 0.717) is 16.3 Å². The zero-order valence-electron chi connectivity index (χ0n) is 12.6. The van der Waals surface area contributed by atoms with Gasteiger partial charge in [0.15, 0.2) is 6.10 Å². The highest BCUT2D eigenvalue weighted by Gasteiger charge is 2.20. The number of nitrogens with one attached hydrogen (secondary N) is 1. The lowest BCUT2D eigenvalue weighted by Gasteiger charge is -2.15. The summed E-state index contributed by atoms with van der Waals surface area (Å²) in [5.74, 6) is -0.177. The van der Waals surface area contributed by atoms with Crippen molar-refractivity contribution in [1.82, 2.24) is 0 Å². The van der Waals surface area contributed by atoms with E-state index in [1.807, 2.05) is 25.1 Å². The zero-order chi connectivity index (χ0) is 16.1. The number of aryl methyl sites for hydroxylation is 1. The van der Waals surface area contributed by atoms with Crippen molar-refractivity contribution in [1.29, 1.82) is 0 Å². The Hall–Kier alpha value is -2.34. The summed E-state index contributed by atoms with van der Waals surface area (Å²) in [4.78, 5) is 24.1. The molecule has 2 aromatic rings. The molecule has 1 aromatic carbocycles. The highest BCUT2D eigenvalue weighted by atomic mass is 32.1. The second-order valence-electron chi connectivity index (χ2n) is 4.72. The largest absolute Gasteiger partial charge is 0.481 e. The van der Waals surface area contributed by atoms with E-state index in [-0.39, 0.29) is 5.91 Å². The van der Waals surface area contributed by atoms with Crippen molar-refractivity contribution in [3.05, 3.63) is 46.2 Å². The van der Waals surface area contributed by atoms with Gasteiger partial charge in [-0.3, -0.25) is 4.79 Å². The predicted octanol–water partition coefficient (Wildman–Crippen LogP) is 3.25. The van der Waals surface area contributed by atoms with Crippen molar-refractivity contribution >= 4 is 28.9 Å². The Morgan fingerprint density at radius 1 is 1.27 bits per heavy atom. The molecule has 0 saturated heterocycles. The molecule has 1 atom stereocenters. The highest BCUT2D eigenvalue weighted by molar-refractivity contribution is 7.12. The molecule has 0 saturated carbocycles. The van der Waals surface area contributed by atoms with Crippen molar-refractivity contribution in [2.75, 3.05) is 12.4 Å². The fraction of sp³-hybridized carbons (Fsp3) is 0.250. The van der Waals surface area contributed by atoms with Crippen LogP contribution in [-0.4, -0.2) is 25.1 Å².